The van der Waals surface area contributed by atoms with Crippen molar-refractivity contribution in [1.82, 2.24) is 14.9 Å². The van der Waals surface area contributed by atoms with Crippen LogP contribution >= 0.6 is 0 Å². The Kier molecular flexibility index (Phi) is 3.30. The van der Waals surface area contributed by atoms with E-state index in [4.69, 9.17) is 0 Å². The summed E-state index contributed by atoms with van der Waals surface area (Å²) in [5, 5.41) is 3.52. The number of hydrogen-bond acceptors (Lipinski definition) is 2. The summed E-state index contributed by atoms with van der Waals surface area (Å²) in [6.45, 7) is 9.57. The third-order valence-electron chi connectivity index (χ3n) is 5.51. The molecule has 0 saturated heterocycles. The van der Waals surface area contributed by atoms with E-state index in [2.05, 4.69) is 56.7 Å². The Hall–Kier alpha value is -0.830. The zero-order valence-electron chi connectivity index (χ0n) is 12.6. The molecule has 0 aliphatic heterocycles. The van der Waals surface area contributed by atoms with E-state index in [0.29, 0.717) is 16.9 Å². The fraction of sp³-hybridized carbons (Fsp3) is 0.800. The van der Waals surface area contributed by atoms with Gasteiger partial charge in [0.25, 0.3) is 0 Å². The number of nitrogens with one attached hydrogen (secondary N) is 1. The van der Waals surface area contributed by atoms with Crippen LogP contribution in [0.5, 0.6) is 0 Å². The van der Waals surface area contributed by atoms with E-state index in [9.17, 15) is 0 Å². The molecule has 2 rings (SSSR count). The lowest BCUT2D eigenvalue weighted by Crippen LogP contribution is -2.31. The molecule has 0 radical (unpaired) electrons. The highest BCUT2D eigenvalue weighted by atomic mass is 15.0. The van der Waals surface area contributed by atoms with Crippen LogP contribution < -0.4 is 5.32 Å². The smallest absolute Gasteiger partial charge is 0.108 e. The Balaban J connectivity index is 1.98. The fourth-order valence-electron chi connectivity index (χ4n) is 3.65. The van der Waals surface area contributed by atoms with Gasteiger partial charge in [0.2, 0.25) is 0 Å². The van der Waals surface area contributed by atoms with Crippen LogP contribution in [0.15, 0.2) is 12.4 Å². The van der Waals surface area contributed by atoms with Crippen molar-refractivity contribution in [3.05, 3.63) is 18.2 Å². The van der Waals surface area contributed by atoms with Crippen molar-refractivity contribution < 1.29 is 0 Å². The van der Waals surface area contributed by atoms with Crippen molar-refractivity contribution in [2.75, 3.05) is 7.05 Å². The van der Waals surface area contributed by atoms with Gasteiger partial charge in [-0.25, -0.2) is 4.98 Å². The number of aryl methyl sites for hydroxylation is 2. The van der Waals surface area contributed by atoms with Gasteiger partial charge >= 0.3 is 0 Å². The van der Waals surface area contributed by atoms with E-state index in [1.165, 1.54) is 12.2 Å². The Morgan fingerprint density at radius 2 is 1.94 bits per heavy atom. The molecular weight excluding hydrogens is 222 g/mol. The molecule has 1 heterocycles. The van der Waals surface area contributed by atoms with Crippen LogP contribution in [0.1, 0.15) is 39.9 Å². The van der Waals surface area contributed by atoms with Gasteiger partial charge in [0.1, 0.15) is 5.82 Å². The molecule has 1 atom stereocenters. The molecule has 0 aromatic carbocycles. The van der Waals surface area contributed by atoms with Crippen LogP contribution in [0.4, 0.5) is 0 Å². The molecule has 3 nitrogen and oxygen atoms in total. The molecule has 1 unspecified atom stereocenters. The zero-order chi connectivity index (χ0) is 13.6. The lowest BCUT2D eigenvalue weighted by molar-refractivity contribution is 0.397. The van der Waals surface area contributed by atoms with Crippen LogP contribution in [-0.4, -0.2) is 22.6 Å². The summed E-state index contributed by atoms with van der Waals surface area (Å²) < 4.78 is 2.12. The van der Waals surface area contributed by atoms with Crippen LogP contribution in [0, 0.1) is 16.7 Å². The van der Waals surface area contributed by atoms with Crippen molar-refractivity contribution in [1.29, 1.82) is 0 Å². The topological polar surface area (TPSA) is 29.9 Å². The fourth-order valence-corrected chi connectivity index (χ4v) is 3.65. The second kappa shape index (κ2) is 4.37. The number of imidazole rings is 1. The van der Waals surface area contributed by atoms with Crippen molar-refractivity contribution in [2.24, 2.45) is 23.8 Å². The minimum absolute atomic E-state index is 0.447. The highest BCUT2D eigenvalue weighted by Gasteiger charge is 2.66. The van der Waals surface area contributed by atoms with E-state index in [-0.39, 0.29) is 0 Å². The first-order valence-electron chi connectivity index (χ1n) is 6.96. The number of nitrogens with zero attached hydrogens (tertiary/aromatic N) is 2. The van der Waals surface area contributed by atoms with Gasteiger partial charge in [0.15, 0.2) is 0 Å². The molecule has 3 heteroatoms. The van der Waals surface area contributed by atoms with Crippen LogP contribution in [0.3, 0.4) is 0 Å². The van der Waals surface area contributed by atoms with Crippen molar-refractivity contribution >= 4 is 0 Å². The van der Waals surface area contributed by atoms with Crippen LogP contribution in [0.2, 0.25) is 0 Å². The summed E-state index contributed by atoms with van der Waals surface area (Å²) in [4.78, 5) is 4.41. The lowest BCUT2D eigenvalue weighted by atomic mass is 9.99. The van der Waals surface area contributed by atoms with E-state index in [1.54, 1.807) is 0 Å². The molecule has 1 fully saturated rings. The van der Waals surface area contributed by atoms with Crippen molar-refractivity contribution in [2.45, 2.75) is 46.6 Å². The van der Waals surface area contributed by atoms with Gasteiger partial charge in [-0.15, -0.1) is 0 Å². The van der Waals surface area contributed by atoms with Gasteiger partial charge in [-0.2, -0.15) is 0 Å². The maximum Gasteiger partial charge on any atom is 0.108 e. The van der Waals surface area contributed by atoms with E-state index in [1.807, 2.05) is 12.4 Å². The highest BCUT2D eigenvalue weighted by Crippen LogP contribution is 2.69. The van der Waals surface area contributed by atoms with Gasteiger partial charge in [-0.3, -0.25) is 0 Å². The molecule has 102 valence electrons. The van der Waals surface area contributed by atoms with Gasteiger partial charge in [-0.1, -0.05) is 27.7 Å². The summed E-state index contributed by atoms with van der Waals surface area (Å²) in [5.74, 6) is 1.95. The molecule has 0 spiro atoms. The number of aromatic nitrogens is 2. The summed E-state index contributed by atoms with van der Waals surface area (Å²) in [5.41, 5.74) is 0.893. The Labute approximate surface area is 111 Å². The molecule has 1 aromatic rings. The number of rotatable bonds is 5. The molecule has 1 saturated carbocycles. The summed E-state index contributed by atoms with van der Waals surface area (Å²) in [6, 6.07) is 0.590. The van der Waals surface area contributed by atoms with Gasteiger partial charge in [0.05, 0.1) is 0 Å². The quantitative estimate of drug-likeness (QED) is 0.869. The monoisotopic (exact) mass is 249 g/mol. The predicted molar refractivity (Wildman–Crippen MR) is 75.4 cm³/mol. The summed E-state index contributed by atoms with van der Waals surface area (Å²) >= 11 is 0. The van der Waals surface area contributed by atoms with Gasteiger partial charge < -0.3 is 9.88 Å². The largest absolute Gasteiger partial charge is 0.338 e. The van der Waals surface area contributed by atoms with Crippen LogP contribution in [0.25, 0.3) is 0 Å². The molecule has 18 heavy (non-hydrogen) atoms. The molecule has 1 N–H and O–H groups in total. The third-order valence-corrected chi connectivity index (χ3v) is 5.51. The number of hydrogen-bond donors (Lipinski definition) is 1. The van der Waals surface area contributed by atoms with Gasteiger partial charge in [0, 0.05) is 31.9 Å². The lowest BCUT2D eigenvalue weighted by Gasteiger charge is -2.18. The first-order chi connectivity index (χ1) is 8.32. The molecule has 0 amide bonds. The Bertz CT molecular complexity index is 403. The minimum Gasteiger partial charge on any atom is -0.338 e. The minimum atomic E-state index is 0.447. The SMILES string of the molecule is CNC(CCc1nccn1C)C1C(C)(C)C1(C)C. The van der Waals surface area contributed by atoms with Crippen LogP contribution in [-0.2, 0) is 13.5 Å². The van der Waals surface area contributed by atoms with E-state index >= 15 is 0 Å². The molecule has 1 aromatic heterocycles. The molecule has 1 aliphatic rings. The average molecular weight is 249 g/mol. The second-order valence-corrected chi connectivity index (χ2v) is 6.81. The normalized spacial score (nSPS) is 23.0. The first-order valence-corrected chi connectivity index (χ1v) is 6.96. The molecule has 1 aliphatic carbocycles. The summed E-state index contributed by atoms with van der Waals surface area (Å²) in [6.07, 6.45) is 6.12. The zero-order valence-corrected chi connectivity index (χ0v) is 12.6. The van der Waals surface area contributed by atoms with Crippen molar-refractivity contribution in [3.8, 4) is 0 Å². The third kappa shape index (κ3) is 1.99. The molecule has 0 bridgehead atoms. The average Bonchev–Trinajstić information content (AvgIpc) is 2.63. The highest BCUT2D eigenvalue weighted by molar-refractivity contribution is 5.16. The maximum absolute atomic E-state index is 4.41. The Morgan fingerprint density at radius 3 is 2.33 bits per heavy atom. The predicted octanol–water partition coefficient (Wildman–Crippen LogP) is 2.62. The first kappa shape index (κ1) is 13.6. The Morgan fingerprint density at radius 1 is 1.33 bits per heavy atom. The summed E-state index contributed by atoms with van der Waals surface area (Å²) in [7, 11) is 4.16. The molecular formula is C15H27N3. The van der Waals surface area contributed by atoms with E-state index < -0.39 is 0 Å². The standard InChI is InChI=1S/C15H27N3/c1-14(2)13(15(14,3)4)11(16-5)7-8-12-17-9-10-18(12)6/h9-11,13,16H,7-8H2,1-6H3. The van der Waals surface area contributed by atoms with Gasteiger partial charge in [-0.05, 0) is 30.2 Å². The maximum atomic E-state index is 4.41. The van der Waals surface area contributed by atoms with E-state index in [0.717, 1.165) is 12.3 Å². The van der Waals surface area contributed by atoms with Crippen molar-refractivity contribution in [3.63, 3.8) is 0 Å². The second-order valence-electron chi connectivity index (χ2n) is 6.81.